The van der Waals surface area contributed by atoms with Gasteiger partial charge >= 0.3 is 0 Å². The van der Waals surface area contributed by atoms with Gasteiger partial charge in [-0.25, -0.2) is 0 Å². The van der Waals surface area contributed by atoms with E-state index in [4.69, 9.17) is 21.1 Å². The van der Waals surface area contributed by atoms with Gasteiger partial charge < -0.3 is 19.9 Å². The Labute approximate surface area is 189 Å². The highest BCUT2D eigenvalue weighted by Crippen LogP contribution is 2.40. The van der Waals surface area contributed by atoms with Crippen molar-refractivity contribution in [1.29, 1.82) is 0 Å². The second-order valence-electron chi connectivity index (χ2n) is 6.96. The second kappa shape index (κ2) is 9.11. The molecule has 8 heteroatoms. The van der Waals surface area contributed by atoms with Crippen molar-refractivity contribution in [1.82, 2.24) is 15.3 Å². The first-order valence-electron chi connectivity index (χ1n) is 9.72. The standard InChI is InChI=1S/C24H20ClN3O4/c1-31-19-8-7-14(11-20(19)32-2)21(28-24(30)15-5-3-9-26-13-15)17-12-18(25)16-6-4-10-27-22(16)23(17)29/h3-13,21,29H,1-2H3,(H,28,30)/t21-/m1/s1. The number of benzene rings is 2. The lowest BCUT2D eigenvalue weighted by atomic mass is 9.95. The van der Waals surface area contributed by atoms with E-state index < -0.39 is 6.04 Å². The van der Waals surface area contributed by atoms with Gasteiger partial charge in [-0.1, -0.05) is 17.7 Å². The minimum Gasteiger partial charge on any atom is -0.505 e. The lowest BCUT2D eigenvalue weighted by molar-refractivity contribution is 0.0942. The van der Waals surface area contributed by atoms with Crippen LogP contribution in [-0.4, -0.2) is 35.2 Å². The van der Waals surface area contributed by atoms with E-state index in [1.165, 1.54) is 13.3 Å². The first-order chi connectivity index (χ1) is 15.5. The van der Waals surface area contributed by atoms with Gasteiger partial charge in [-0.2, -0.15) is 0 Å². The minimum atomic E-state index is -0.758. The average Bonchev–Trinajstić information content (AvgIpc) is 2.85. The molecule has 0 radical (unpaired) electrons. The van der Waals surface area contributed by atoms with Crippen LogP contribution in [0.4, 0.5) is 0 Å². The van der Waals surface area contributed by atoms with E-state index in [1.54, 1.807) is 68.0 Å². The van der Waals surface area contributed by atoms with Gasteiger partial charge in [-0.05, 0) is 48.0 Å². The molecule has 2 N–H and O–H groups in total. The van der Waals surface area contributed by atoms with Crippen molar-refractivity contribution >= 4 is 28.4 Å². The molecule has 32 heavy (non-hydrogen) atoms. The summed E-state index contributed by atoms with van der Waals surface area (Å²) in [5, 5.41) is 15.1. The Morgan fingerprint density at radius 1 is 1.06 bits per heavy atom. The highest BCUT2D eigenvalue weighted by Gasteiger charge is 2.25. The van der Waals surface area contributed by atoms with Crippen molar-refractivity contribution in [3.05, 3.63) is 88.8 Å². The summed E-state index contributed by atoms with van der Waals surface area (Å²) in [6, 6.07) is 13.0. The largest absolute Gasteiger partial charge is 0.505 e. The number of halogens is 1. The third kappa shape index (κ3) is 4.02. The molecule has 4 aromatic rings. The first kappa shape index (κ1) is 21.4. The third-order valence-corrected chi connectivity index (χ3v) is 5.41. The van der Waals surface area contributed by atoms with Crippen molar-refractivity contribution in [2.45, 2.75) is 6.04 Å². The number of nitrogens with zero attached hydrogens (tertiary/aromatic N) is 2. The molecule has 7 nitrogen and oxygen atoms in total. The topological polar surface area (TPSA) is 93.6 Å². The number of aromatic nitrogens is 2. The van der Waals surface area contributed by atoms with Gasteiger partial charge in [0.1, 0.15) is 11.3 Å². The van der Waals surface area contributed by atoms with E-state index in [0.717, 1.165) is 0 Å². The second-order valence-corrected chi connectivity index (χ2v) is 7.37. The zero-order chi connectivity index (χ0) is 22.7. The third-order valence-electron chi connectivity index (χ3n) is 5.10. The van der Waals surface area contributed by atoms with Gasteiger partial charge in [-0.3, -0.25) is 14.8 Å². The Morgan fingerprint density at radius 2 is 1.84 bits per heavy atom. The highest BCUT2D eigenvalue weighted by molar-refractivity contribution is 6.35. The smallest absolute Gasteiger partial charge is 0.253 e. The van der Waals surface area contributed by atoms with Crippen LogP contribution < -0.4 is 14.8 Å². The number of pyridine rings is 2. The molecule has 0 spiro atoms. The quantitative estimate of drug-likeness (QED) is 0.449. The van der Waals surface area contributed by atoms with Crippen LogP contribution in [0.2, 0.25) is 5.02 Å². The van der Waals surface area contributed by atoms with Crippen molar-refractivity contribution in [2.75, 3.05) is 14.2 Å². The fourth-order valence-corrected chi connectivity index (χ4v) is 3.78. The van der Waals surface area contributed by atoms with E-state index in [2.05, 4.69) is 15.3 Å². The number of carbonyl (C=O) groups is 1. The van der Waals surface area contributed by atoms with Crippen molar-refractivity contribution in [3.8, 4) is 17.2 Å². The number of hydrogen-bond acceptors (Lipinski definition) is 6. The summed E-state index contributed by atoms with van der Waals surface area (Å²) in [5.74, 6) is 0.581. The molecule has 1 amide bonds. The van der Waals surface area contributed by atoms with Crippen LogP contribution in [0.3, 0.4) is 0 Å². The number of amides is 1. The van der Waals surface area contributed by atoms with Crippen LogP contribution >= 0.6 is 11.6 Å². The number of phenols is 1. The molecule has 0 saturated heterocycles. The van der Waals surface area contributed by atoms with Crippen molar-refractivity contribution in [3.63, 3.8) is 0 Å². The summed E-state index contributed by atoms with van der Waals surface area (Å²) in [5.41, 5.74) is 1.77. The van der Waals surface area contributed by atoms with E-state index in [-0.39, 0.29) is 11.7 Å². The van der Waals surface area contributed by atoms with Crippen LogP contribution in [0.5, 0.6) is 17.2 Å². The fourth-order valence-electron chi connectivity index (χ4n) is 3.51. The van der Waals surface area contributed by atoms with Crippen molar-refractivity contribution < 1.29 is 19.4 Å². The molecule has 1 atom stereocenters. The molecule has 2 aromatic carbocycles. The molecular formula is C24H20ClN3O4. The van der Waals surface area contributed by atoms with Crippen LogP contribution in [0.15, 0.2) is 67.1 Å². The average molecular weight is 450 g/mol. The van der Waals surface area contributed by atoms with Crippen LogP contribution in [0.25, 0.3) is 10.9 Å². The highest BCUT2D eigenvalue weighted by atomic mass is 35.5. The Hall–Kier alpha value is -3.84. The molecule has 0 aliphatic carbocycles. The monoisotopic (exact) mass is 449 g/mol. The van der Waals surface area contributed by atoms with Crippen LogP contribution in [-0.2, 0) is 0 Å². The Kier molecular flexibility index (Phi) is 6.09. The SMILES string of the molecule is COc1ccc([C@@H](NC(=O)c2cccnc2)c2cc(Cl)c3cccnc3c2O)cc1OC. The van der Waals surface area contributed by atoms with E-state index >= 15 is 0 Å². The molecule has 0 unspecified atom stereocenters. The number of fused-ring (bicyclic) bond motifs is 1. The maximum Gasteiger partial charge on any atom is 0.253 e. The Balaban J connectivity index is 1.88. The number of nitrogens with one attached hydrogen (secondary N) is 1. The van der Waals surface area contributed by atoms with E-state index in [1.807, 2.05) is 0 Å². The number of phenolic OH excluding ortho intramolecular Hbond substituents is 1. The van der Waals surface area contributed by atoms with Gasteiger partial charge in [0.15, 0.2) is 11.5 Å². The lowest BCUT2D eigenvalue weighted by Gasteiger charge is -2.23. The lowest BCUT2D eigenvalue weighted by Crippen LogP contribution is -2.29. The number of aromatic hydroxyl groups is 1. The molecule has 162 valence electrons. The van der Waals surface area contributed by atoms with Gasteiger partial charge in [0, 0.05) is 29.5 Å². The van der Waals surface area contributed by atoms with Gasteiger partial charge in [0.05, 0.1) is 30.8 Å². The first-order valence-corrected chi connectivity index (χ1v) is 10.1. The number of rotatable bonds is 6. The molecule has 0 aliphatic rings. The summed E-state index contributed by atoms with van der Waals surface area (Å²) in [4.78, 5) is 21.3. The molecule has 0 saturated carbocycles. The maximum absolute atomic E-state index is 13.0. The van der Waals surface area contributed by atoms with E-state index in [0.29, 0.717) is 44.1 Å². The number of ether oxygens (including phenoxy) is 2. The zero-order valence-corrected chi connectivity index (χ0v) is 18.1. The van der Waals surface area contributed by atoms with Gasteiger partial charge in [-0.15, -0.1) is 0 Å². The predicted molar refractivity (Wildman–Crippen MR) is 122 cm³/mol. The zero-order valence-electron chi connectivity index (χ0n) is 17.4. The summed E-state index contributed by atoms with van der Waals surface area (Å²) >= 11 is 6.51. The predicted octanol–water partition coefficient (Wildman–Crippen LogP) is 4.53. The molecule has 4 rings (SSSR count). The maximum atomic E-state index is 13.0. The molecular weight excluding hydrogens is 430 g/mol. The Morgan fingerprint density at radius 3 is 2.56 bits per heavy atom. The molecule has 2 aromatic heterocycles. The fraction of sp³-hybridized carbons (Fsp3) is 0.125. The number of methoxy groups -OCH3 is 2. The Bertz CT molecular complexity index is 1280. The molecule has 0 aliphatic heterocycles. The van der Waals surface area contributed by atoms with Crippen molar-refractivity contribution in [2.24, 2.45) is 0 Å². The summed E-state index contributed by atoms with van der Waals surface area (Å²) < 4.78 is 10.8. The number of hydrogen-bond donors (Lipinski definition) is 2. The molecule has 0 bridgehead atoms. The summed E-state index contributed by atoms with van der Waals surface area (Å²) in [7, 11) is 3.07. The van der Waals surface area contributed by atoms with Gasteiger partial charge in [0.25, 0.3) is 5.91 Å². The van der Waals surface area contributed by atoms with Gasteiger partial charge in [0.2, 0.25) is 0 Å². The van der Waals surface area contributed by atoms with Crippen LogP contribution in [0.1, 0.15) is 27.5 Å². The molecule has 2 heterocycles. The van der Waals surface area contributed by atoms with E-state index in [9.17, 15) is 9.90 Å². The number of carbonyl (C=O) groups excluding carboxylic acids is 1. The summed E-state index contributed by atoms with van der Waals surface area (Å²) in [6.45, 7) is 0. The normalized spacial score (nSPS) is 11.7. The van der Waals surface area contributed by atoms with Crippen LogP contribution in [0, 0.1) is 0 Å². The minimum absolute atomic E-state index is 0.0729. The molecule has 0 fully saturated rings. The summed E-state index contributed by atoms with van der Waals surface area (Å²) in [6.07, 6.45) is 4.63.